The average molecular weight is 386 g/mol. The lowest BCUT2D eigenvalue weighted by Crippen LogP contribution is -2.60. The number of benzene rings is 1. The predicted molar refractivity (Wildman–Crippen MR) is 90.7 cm³/mol. The zero-order valence-electron chi connectivity index (χ0n) is 14.7. The van der Waals surface area contributed by atoms with Crippen LogP contribution in [-0.2, 0) is 22.2 Å². The zero-order valence-corrected chi connectivity index (χ0v) is 14.7. The Bertz CT molecular complexity index is 709. The lowest BCUT2D eigenvalue weighted by atomic mass is 10.1. The third-order valence-electron chi connectivity index (χ3n) is 4.19. The minimum atomic E-state index is -4.42. The standard InChI is InChI=1S/C17H21F3N4O3/c1-21-14(25)10-13-15(26)22-7-8-24(13)16(27)23-6-5-11-3-2-4-12(9-11)17(18,19)20/h2-4,9,13H,5-8,10H2,1H3,(H,21,25)(H,22,26)(H,23,27). The van der Waals surface area contributed by atoms with E-state index in [9.17, 15) is 27.6 Å². The molecule has 1 aliphatic rings. The lowest BCUT2D eigenvalue weighted by molar-refractivity contribution is -0.137. The maximum atomic E-state index is 12.7. The van der Waals surface area contributed by atoms with Crippen LogP contribution in [0.25, 0.3) is 0 Å². The number of nitrogens with zero attached hydrogens (tertiary/aromatic N) is 1. The maximum Gasteiger partial charge on any atom is 0.416 e. The van der Waals surface area contributed by atoms with Crippen LogP contribution in [0.4, 0.5) is 18.0 Å². The summed E-state index contributed by atoms with van der Waals surface area (Å²) in [6.07, 6.45) is -4.38. The molecule has 1 aromatic carbocycles. The molecule has 0 bridgehead atoms. The Hall–Kier alpha value is -2.78. The number of piperazine rings is 1. The van der Waals surface area contributed by atoms with Gasteiger partial charge in [0.25, 0.3) is 0 Å². The molecule has 27 heavy (non-hydrogen) atoms. The van der Waals surface area contributed by atoms with Crippen molar-refractivity contribution >= 4 is 17.8 Å². The number of halogens is 3. The summed E-state index contributed by atoms with van der Waals surface area (Å²) in [6, 6.07) is 3.42. The molecule has 0 saturated carbocycles. The Morgan fingerprint density at radius 1 is 1.33 bits per heavy atom. The van der Waals surface area contributed by atoms with E-state index in [0.29, 0.717) is 5.56 Å². The highest BCUT2D eigenvalue weighted by atomic mass is 19.4. The number of hydrogen-bond acceptors (Lipinski definition) is 3. The largest absolute Gasteiger partial charge is 0.416 e. The maximum absolute atomic E-state index is 12.7. The van der Waals surface area contributed by atoms with Gasteiger partial charge in [0.15, 0.2) is 0 Å². The molecule has 4 amide bonds. The van der Waals surface area contributed by atoms with Crippen LogP contribution in [-0.4, -0.2) is 55.5 Å². The number of urea groups is 1. The molecular weight excluding hydrogens is 365 g/mol. The quantitative estimate of drug-likeness (QED) is 0.702. The Morgan fingerprint density at radius 2 is 2.07 bits per heavy atom. The van der Waals surface area contributed by atoms with E-state index in [1.54, 1.807) is 6.07 Å². The van der Waals surface area contributed by atoms with Crippen molar-refractivity contribution in [3.8, 4) is 0 Å². The molecule has 0 radical (unpaired) electrons. The van der Waals surface area contributed by atoms with Crippen molar-refractivity contribution in [1.29, 1.82) is 0 Å². The summed E-state index contributed by atoms with van der Waals surface area (Å²) in [6.45, 7) is 0.609. The second-order valence-electron chi connectivity index (χ2n) is 6.06. The fourth-order valence-electron chi connectivity index (χ4n) is 2.76. The molecule has 7 nitrogen and oxygen atoms in total. The van der Waals surface area contributed by atoms with Crippen LogP contribution in [0.1, 0.15) is 17.5 Å². The zero-order chi connectivity index (χ0) is 20.0. The SMILES string of the molecule is CNC(=O)CC1C(=O)NCCN1C(=O)NCCc1cccc(C(F)(F)F)c1. The first kappa shape index (κ1) is 20.5. The highest BCUT2D eigenvalue weighted by Gasteiger charge is 2.34. The van der Waals surface area contributed by atoms with Crippen molar-refractivity contribution in [3.63, 3.8) is 0 Å². The van der Waals surface area contributed by atoms with Crippen LogP contribution in [0.15, 0.2) is 24.3 Å². The molecule has 1 aliphatic heterocycles. The van der Waals surface area contributed by atoms with Crippen molar-refractivity contribution in [2.45, 2.75) is 25.1 Å². The Balaban J connectivity index is 1.94. The normalized spacial score (nSPS) is 17.3. The highest BCUT2D eigenvalue weighted by Crippen LogP contribution is 2.29. The van der Waals surface area contributed by atoms with Gasteiger partial charge in [-0.1, -0.05) is 18.2 Å². The van der Waals surface area contributed by atoms with Crippen molar-refractivity contribution < 1.29 is 27.6 Å². The predicted octanol–water partition coefficient (Wildman–Crippen LogP) is 0.894. The Morgan fingerprint density at radius 3 is 2.74 bits per heavy atom. The van der Waals surface area contributed by atoms with Gasteiger partial charge in [-0.05, 0) is 18.1 Å². The fourth-order valence-corrected chi connectivity index (χ4v) is 2.76. The Kier molecular flexibility index (Phi) is 6.65. The van der Waals surface area contributed by atoms with Crippen molar-refractivity contribution in [2.75, 3.05) is 26.7 Å². The van der Waals surface area contributed by atoms with Crippen molar-refractivity contribution in [2.24, 2.45) is 0 Å². The first-order chi connectivity index (χ1) is 12.7. The van der Waals surface area contributed by atoms with E-state index < -0.39 is 29.7 Å². The fraction of sp³-hybridized carbons (Fsp3) is 0.471. The van der Waals surface area contributed by atoms with Crippen LogP contribution in [0.3, 0.4) is 0 Å². The van der Waals surface area contributed by atoms with Crippen LogP contribution < -0.4 is 16.0 Å². The molecule has 3 N–H and O–H groups in total. The lowest BCUT2D eigenvalue weighted by Gasteiger charge is -2.34. The van der Waals surface area contributed by atoms with Gasteiger partial charge in [0.2, 0.25) is 11.8 Å². The minimum Gasteiger partial charge on any atom is -0.359 e. The van der Waals surface area contributed by atoms with Crippen molar-refractivity contribution in [3.05, 3.63) is 35.4 Å². The topological polar surface area (TPSA) is 90.5 Å². The number of carbonyl (C=O) groups excluding carboxylic acids is 3. The molecule has 0 aromatic heterocycles. The number of rotatable bonds is 5. The van der Waals surface area contributed by atoms with Crippen molar-refractivity contribution in [1.82, 2.24) is 20.9 Å². The van der Waals surface area contributed by atoms with E-state index in [2.05, 4.69) is 16.0 Å². The van der Waals surface area contributed by atoms with Gasteiger partial charge in [-0.15, -0.1) is 0 Å². The van der Waals surface area contributed by atoms with E-state index in [1.807, 2.05) is 0 Å². The summed E-state index contributed by atoms with van der Waals surface area (Å²) in [5.41, 5.74) is -0.312. The van der Waals surface area contributed by atoms with Gasteiger partial charge in [-0.2, -0.15) is 13.2 Å². The molecule has 0 aliphatic carbocycles. The third-order valence-corrected chi connectivity index (χ3v) is 4.19. The smallest absolute Gasteiger partial charge is 0.359 e. The summed E-state index contributed by atoms with van der Waals surface area (Å²) >= 11 is 0. The van der Waals surface area contributed by atoms with E-state index in [1.165, 1.54) is 18.0 Å². The van der Waals surface area contributed by atoms with Crippen LogP contribution in [0, 0.1) is 0 Å². The van der Waals surface area contributed by atoms with E-state index >= 15 is 0 Å². The summed E-state index contributed by atoms with van der Waals surface area (Å²) < 4.78 is 38.2. The highest BCUT2D eigenvalue weighted by molar-refractivity contribution is 5.92. The molecule has 148 valence electrons. The summed E-state index contributed by atoms with van der Waals surface area (Å²) in [5.74, 6) is -0.795. The molecule has 2 rings (SSSR count). The van der Waals surface area contributed by atoms with E-state index in [0.717, 1.165) is 12.1 Å². The van der Waals surface area contributed by atoms with E-state index in [-0.39, 0.29) is 38.4 Å². The van der Waals surface area contributed by atoms with Gasteiger partial charge in [-0.3, -0.25) is 9.59 Å². The van der Waals surface area contributed by atoms with Crippen LogP contribution in [0.2, 0.25) is 0 Å². The number of amides is 4. The molecule has 1 saturated heterocycles. The number of carbonyl (C=O) groups is 3. The number of nitrogens with one attached hydrogen (secondary N) is 3. The van der Waals surface area contributed by atoms with Crippen LogP contribution >= 0.6 is 0 Å². The molecule has 1 aromatic rings. The average Bonchev–Trinajstić information content (AvgIpc) is 2.62. The van der Waals surface area contributed by atoms with Gasteiger partial charge < -0.3 is 20.9 Å². The van der Waals surface area contributed by atoms with Gasteiger partial charge in [0.05, 0.1) is 12.0 Å². The first-order valence-electron chi connectivity index (χ1n) is 8.41. The van der Waals surface area contributed by atoms with Gasteiger partial charge in [0.1, 0.15) is 6.04 Å². The summed E-state index contributed by atoms with van der Waals surface area (Å²) in [4.78, 5) is 37.2. The number of hydrogen-bond donors (Lipinski definition) is 3. The molecule has 1 atom stereocenters. The van der Waals surface area contributed by atoms with Gasteiger partial charge in [-0.25, -0.2) is 4.79 Å². The first-order valence-corrected chi connectivity index (χ1v) is 8.41. The minimum absolute atomic E-state index is 0.102. The molecule has 10 heteroatoms. The summed E-state index contributed by atoms with van der Waals surface area (Å²) in [7, 11) is 1.43. The molecule has 1 unspecified atom stereocenters. The third kappa shape index (κ3) is 5.60. The van der Waals surface area contributed by atoms with Gasteiger partial charge >= 0.3 is 12.2 Å². The van der Waals surface area contributed by atoms with Gasteiger partial charge in [0, 0.05) is 26.7 Å². The number of alkyl halides is 3. The molecule has 0 spiro atoms. The molecular formula is C17H21F3N4O3. The van der Waals surface area contributed by atoms with Crippen LogP contribution in [0.5, 0.6) is 0 Å². The second-order valence-corrected chi connectivity index (χ2v) is 6.06. The summed E-state index contributed by atoms with van der Waals surface area (Å²) in [5, 5.41) is 7.60. The molecule has 1 heterocycles. The Labute approximate surface area is 154 Å². The molecule has 1 fully saturated rings. The van der Waals surface area contributed by atoms with E-state index in [4.69, 9.17) is 0 Å². The second kappa shape index (κ2) is 8.74. The monoisotopic (exact) mass is 386 g/mol.